The van der Waals surface area contributed by atoms with Crippen molar-refractivity contribution in [1.82, 2.24) is 9.88 Å². The van der Waals surface area contributed by atoms with E-state index in [1.807, 2.05) is 6.20 Å². The normalized spacial score (nSPS) is 11.5. The van der Waals surface area contributed by atoms with Crippen molar-refractivity contribution in [1.29, 1.82) is 0 Å². The first kappa shape index (κ1) is 12.2. The summed E-state index contributed by atoms with van der Waals surface area (Å²) in [5.74, 6) is 0.124. The fourth-order valence-electron chi connectivity index (χ4n) is 1.04. The van der Waals surface area contributed by atoms with Gasteiger partial charge < -0.3 is 4.90 Å². The van der Waals surface area contributed by atoms with Crippen LogP contribution >= 0.6 is 11.3 Å². The summed E-state index contributed by atoms with van der Waals surface area (Å²) in [6.45, 7) is 6.39. The zero-order valence-corrected chi connectivity index (χ0v) is 10.8. The van der Waals surface area contributed by atoms with Gasteiger partial charge in [0, 0.05) is 30.6 Å². The first-order chi connectivity index (χ1) is 6.80. The summed E-state index contributed by atoms with van der Waals surface area (Å²) in [5, 5.41) is 1.09. The van der Waals surface area contributed by atoms with E-state index in [9.17, 15) is 4.79 Å². The Bertz CT molecular complexity index is 350. The summed E-state index contributed by atoms with van der Waals surface area (Å²) in [6, 6.07) is 0. The molecule has 0 aliphatic carbocycles. The number of hydrogen-bond acceptors (Lipinski definition) is 3. The SMILES string of the molecule is CN(C)C(=O)Cc1cnc(C(C)(C)C)s1. The molecular formula is C11H18N2OS. The van der Waals surface area contributed by atoms with Crippen molar-refractivity contribution in [3.05, 3.63) is 16.1 Å². The molecule has 4 heteroatoms. The van der Waals surface area contributed by atoms with E-state index in [-0.39, 0.29) is 11.3 Å². The number of rotatable bonds is 2. The number of carbonyl (C=O) groups excluding carboxylic acids is 1. The Morgan fingerprint density at radius 1 is 1.47 bits per heavy atom. The summed E-state index contributed by atoms with van der Waals surface area (Å²) in [5.41, 5.74) is 0.0735. The first-order valence-corrected chi connectivity index (χ1v) is 5.77. The molecule has 0 saturated carbocycles. The van der Waals surface area contributed by atoms with Crippen LogP contribution in [-0.4, -0.2) is 29.9 Å². The maximum atomic E-state index is 11.5. The number of nitrogens with zero attached hydrogens (tertiary/aromatic N) is 2. The van der Waals surface area contributed by atoms with Crippen molar-refractivity contribution in [3.63, 3.8) is 0 Å². The molecule has 0 spiro atoms. The van der Waals surface area contributed by atoms with Gasteiger partial charge in [0.2, 0.25) is 5.91 Å². The molecule has 1 aromatic heterocycles. The van der Waals surface area contributed by atoms with Gasteiger partial charge in [-0.1, -0.05) is 20.8 Å². The molecular weight excluding hydrogens is 208 g/mol. The molecule has 0 radical (unpaired) electrons. The second kappa shape index (κ2) is 4.31. The van der Waals surface area contributed by atoms with Crippen LogP contribution in [0.3, 0.4) is 0 Å². The summed E-state index contributed by atoms with van der Waals surface area (Å²) < 4.78 is 0. The second-order valence-corrected chi connectivity index (χ2v) is 5.96. The highest BCUT2D eigenvalue weighted by Crippen LogP contribution is 2.26. The van der Waals surface area contributed by atoms with E-state index in [1.54, 1.807) is 30.3 Å². The highest BCUT2D eigenvalue weighted by atomic mass is 32.1. The van der Waals surface area contributed by atoms with Crippen molar-refractivity contribution < 1.29 is 4.79 Å². The van der Waals surface area contributed by atoms with Crippen molar-refractivity contribution in [3.8, 4) is 0 Å². The summed E-state index contributed by atoms with van der Waals surface area (Å²) in [7, 11) is 3.54. The van der Waals surface area contributed by atoms with E-state index >= 15 is 0 Å². The number of thiazole rings is 1. The molecule has 0 fully saturated rings. The van der Waals surface area contributed by atoms with Crippen molar-refractivity contribution >= 4 is 17.2 Å². The van der Waals surface area contributed by atoms with Crippen LogP contribution in [0.25, 0.3) is 0 Å². The van der Waals surface area contributed by atoms with Gasteiger partial charge >= 0.3 is 0 Å². The van der Waals surface area contributed by atoms with Gasteiger partial charge in [0.05, 0.1) is 11.4 Å². The summed E-state index contributed by atoms with van der Waals surface area (Å²) in [6.07, 6.45) is 2.27. The van der Waals surface area contributed by atoms with Gasteiger partial charge in [-0.15, -0.1) is 11.3 Å². The van der Waals surface area contributed by atoms with E-state index in [1.165, 1.54) is 0 Å². The van der Waals surface area contributed by atoms with Crippen LogP contribution < -0.4 is 0 Å². The Labute approximate surface area is 95.1 Å². The van der Waals surface area contributed by atoms with Crippen LogP contribution in [0.2, 0.25) is 0 Å². The average Bonchev–Trinajstić information content (AvgIpc) is 2.51. The fourth-order valence-corrected chi connectivity index (χ4v) is 2.00. The maximum absolute atomic E-state index is 11.5. The third-order valence-electron chi connectivity index (χ3n) is 2.02. The van der Waals surface area contributed by atoms with Crippen LogP contribution in [0.5, 0.6) is 0 Å². The standard InChI is InChI=1S/C11H18N2OS/c1-11(2,3)10-12-7-8(15-10)6-9(14)13(4)5/h7H,6H2,1-5H3. The molecule has 1 aromatic rings. The van der Waals surface area contributed by atoms with Crippen LogP contribution in [0.1, 0.15) is 30.7 Å². The minimum atomic E-state index is 0.0735. The Kier molecular flexibility index (Phi) is 3.50. The van der Waals surface area contributed by atoms with Gasteiger partial charge in [-0.25, -0.2) is 4.98 Å². The summed E-state index contributed by atoms with van der Waals surface area (Å²) in [4.78, 5) is 18.5. The molecule has 3 nitrogen and oxygen atoms in total. The lowest BCUT2D eigenvalue weighted by atomic mass is 9.98. The van der Waals surface area contributed by atoms with Gasteiger partial charge in [-0.05, 0) is 0 Å². The number of carbonyl (C=O) groups is 1. The van der Waals surface area contributed by atoms with Gasteiger partial charge in [0.15, 0.2) is 0 Å². The van der Waals surface area contributed by atoms with E-state index in [2.05, 4.69) is 25.8 Å². The molecule has 0 atom stereocenters. The number of hydrogen-bond donors (Lipinski definition) is 0. The molecule has 1 amide bonds. The Morgan fingerprint density at radius 3 is 2.47 bits per heavy atom. The average molecular weight is 226 g/mol. The number of amides is 1. The Morgan fingerprint density at radius 2 is 2.07 bits per heavy atom. The van der Waals surface area contributed by atoms with Crippen LogP contribution in [-0.2, 0) is 16.6 Å². The molecule has 0 aromatic carbocycles. The van der Waals surface area contributed by atoms with E-state index in [4.69, 9.17) is 0 Å². The number of likely N-dealkylation sites (N-methyl/N-ethyl adjacent to an activating group) is 1. The topological polar surface area (TPSA) is 33.2 Å². The van der Waals surface area contributed by atoms with Crippen LogP contribution in [0.4, 0.5) is 0 Å². The fraction of sp³-hybridized carbons (Fsp3) is 0.636. The molecule has 0 saturated heterocycles. The molecule has 0 bridgehead atoms. The van der Waals surface area contributed by atoms with Crippen molar-refractivity contribution in [2.24, 2.45) is 0 Å². The maximum Gasteiger partial charge on any atom is 0.227 e. The highest BCUT2D eigenvalue weighted by molar-refractivity contribution is 7.11. The van der Waals surface area contributed by atoms with Crippen molar-refractivity contribution in [2.75, 3.05) is 14.1 Å². The molecule has 15 heavy (non-hydrogen) atoms. The second-order valence-electron chi connectivity index (χ2n) is 4.85. The minimum absolute atomic E-state index is 0.0735. The predicted molar refractivity (Wildman–Crippen MR) is 63.2 cm³/mol. The lowest BCUT2D eigenvalue weighted by Crippen LogP contribution is -2.23. The quantitative estimate of drug-likeness (QED) is 0.773. The third-order valence-corrected chi connectivity index (χ3v) is 3.44. The smallest absolute Gasteiger partial charge is 0.227 e. The van der Waals surface area contributed by atoms with E-state index < -0.39 is 0 Å². The molecule has 0 N–H and O–H groups in total. The van der Waals surface area contributed by atoms with E-state index in [0.717, 1.165) is 9.88 Å². The first-order valence-electron chi connectivity index (χ1n) is 4.96. The zero-order chi connectivity index (χ0) is 11.6. The van der Waals surface area contributed by atoms with Crippen LogP contribution in [0.15, 0.2) is 6.20 Å². The molecule has 0 unspecified atom stereocenters. The van der Waals surface area contributed by atoms with Gasteiger partial charge in [-0.2, -0.15) is 0 Å². The monoisotopic (exact) mass is 226 g/mol. The lowest BCUT2D eigenvalue weighted by molar-refractivity contribution is -0.127. The Hall–Kier alpha value is -0.900. The lowest BCUT2D eigenvalue weighted by Gasteiger charge is -2.13. The molecule has 84 valence electrons. The summed E-state index contributed by atoms with van der Waals surface area (Å²) >= 11 is 1.63. The Balaban J connectivity index is 2.73. The van der Waals surface area contributed by atoms with E-state index in [0.29, 0.717) is 6.42 Å². The minimum Gasteiger partial charge on any atom is -0.349 e. The number of aromatic nitrogens is 1. The molecule has 0 aliphatic heterocycles. The van der Waals surface area contributed by atoms with Crippen molar-refractivity contribution in [2.45, 2.75) is 32.6 Å². The predicted octanol–water partition coefficient (Wildman–Crippen LogP) is 2.07. The zero-order valence-electron chi connectivity index (χ0n) is 10.00. The van der Waals surface area contributed by atoms with Crippen LogP contribution in [0, 0.1) is 0 Å². The van der Waals surface area contributed by atoms with Gasteiger partial charge in [-0.3, -0.25) is 4.79 Å². The largest absolute Gasteiger partial charge is 0.349 e. The molecule has 0 aliphatic rings. The third kappa shape index (κ3) is 3.30. The molecule has 1 heterocycles. The highest BCUT2D eigenvalue weighted by Gasteiger charge is 2.18. The molecule has 1 rings (SSSR count). The van der Waals surface area contributed by atoms with Gasteiger partial charge in [0.25, 0.3) is 0 Å². The van der Waals surface area contributed by atoms with Gasteiger partial charge in [0.1, 0.15) is 0 Å².